The number of carbonyl (C=O) groups excluding carboxylic acids is 1. The molecule has 0 fully saturated rings. The van der Waals surface area contributed by atoms with Gasteiger partial charge >= 0.3 is 5.97 Å². The van der Waals surface area contributed by atoms with Gasteiger partial charge in [0.25, 0.3) is 0 Å². The van der Waals surface area contributed by atoms with E-state index < -0.39 is 11.8 Å². The molecule has 1 aromatic heterocycles. The van der Waals surface area contributed by atoms with Crippen LogP contribution in [-0.2, 0) is 11.3 Å². The fraction of sp³-hybridized carbons (Fsp3) is 0.231. The number of aromatic nitrogens is 2. The van der Waals surface area contributed by atoms with Crippen LogP contribution < -0.4 is 5.73 Å². The van der Waals surface area contributed by atoms with Crippen molar-refractivity contribution in [2.24, 2.45) is 0 Å². The monoisotopic (exact) mass is 297 g/mol. The maximum absolute atomic E-state index is 13.1. The topological polar surface area (TPSA) is 70.1 Å². The van der Waals surface area contributed by atoms with Crippen molar-refractivity contribution < 1.29 is 13.9 Å². The summed E-state index contributed by atoms with van der Waals surface area (Å²) in [5.41, 5.74) is 6.76. The molecule has 2 aromatic rings. The van der Waals surface area contributed by atoms with Gasteiger partial charge in [0.05, 0.1) is 23.9 Å². The quantitative estimate of drug-likeness (QED) is 0.880. The summed E-state index contributed by atoms with van der Waals surface area (Å²) in [5, 5.41) is 4.09. The number of nitrogens with two attached hydrogens (primary N) is 1. The number of ether oxygens (including phenoxy) is 1. The highest BCUT2D eigenvalue weighted by Crippen LogP contribution is 2.18. The SMILES string of the molecule is CCOC(=O)c1nn(Cc2ccc(F)c(Cl)c2)cc1N. The van der Waals surface area contributed by atoms with Crippen molar-refractivity contribution in [2.75, 3.05) is 12.3 Å². The normalized spacial score (nSPS) is 10.6. The van der Waals surface area contributed by atoms with Gasteiger partial charge in [-0.15, -0.1) is 0 Å². The molecule has 0 bridgehead atoms. The van der Waals surface area contributed by atoms with Gasteiger partial charge in [0.15, 0.2) is 5.69 Å². The van der Waals surface area contributed by atoms with Crippen LogP contribution in [0.4, 0.5) is 10.1 Å². The molecule has 1 aromatic carbocycles. The second-order valence-electron chi connectivity index (χ2n) is 4.10. The standard InChI is InChI=1S/C13H13ClFN3O2/c1-2-20-13(19)12-11(16)7-18(17-12)6-8-3-4-10(15)9(14)5-8/h3-5,7H,2,6,16H2,1H3. The average molecular weight is 298 g/mol. The Morgan fingerprint density at radius 2 is 2.30 bits per heavy atom. The third-order valence-electron chi connectivity index (χ3n) is 2.59. The van der Waals surface area contributed by atoms with E-state index in [0.717, 1.165) is 5.56 Å². The fourth-order valence-corrected chi connectivity index (χ4v) is 1.90. The lowest BCUT2D eigenvalue weighted by molar-refractivity contribution is 0.0519. The summed E-state index contributed by atoms with van der Waals surface area (Å²) in [6.45, 7) is 2.27. The van der Waals surface area contributed by atoms with Crippen LogP contribution in [0.3, 0.4) is 0 Å². The first-order valence-electron chi connectivity index (χ1n) is 5.95. The highest BCUT2D eigenvalue weighted by atomic mass is 35.5. The van der Waals surface area contributed by atoms with Gasteiger partial charge in [0.2, 0.25) is 0 Å². The molecule has 0 aliphatic rings. The molecule has 7 heteroatoms. The zero-order valence-electron chi connectivity index (χ0n) is 10.8. The number of nitrogens with zero attached hydrogens (tertiary/aromatic N) is 2. The molecule has 0 aliphatic carbocycles. The minimum atomic E-state index is -0.569. The summed E-state index contributed by atoms with van der Waals surface area (Å²) >= 11 is 5.70. The van der Waals surface area contributed by atoms with Crippen LogP contribution >= 0.6 is 11.6 Å². The van der Waals surface area contributed by atoms with Crippen molar-refractivity contribution in [3.8, 4) is 0 Å². The van der Waals surface area contributed by atoms with Gasteiger partial charge in [-0.1, -0.05) is 17.7 Å². The second-order valence-corrected chi connectivity index (χ2v) is 4.51. The van der Waals surface area contributed by atoms with E-state index >= 15 is 0 Å². The van der Waals surface area contributed by atoms with Crippen LogP contribution in [0.5, 0.6) is 0 Å². The van der Waals surface area contributed by atoms with E-state index in [2.05, 4.69) is 5.10 Å². The number of nitrogen functional groups attached to an aromatic ring is 1. The first-order chi connectivity index (χ1) is 9.51. The van der Waals surface area contributed by atoms with Gasteiger partial charge in [-0.05, 0) is 24.6 Å². The number of anilines is 1. The predicted molar refractivity (Wildman–Crippen MR) is 73.1 cm³/mol. The van der Waals surface area contributed by atoms with Crippen LogP contribution in [0.15, 0.2) is 24.4 Å². The van der Waals surface area contributed by atoms with Gasteiger partial charge in [0.1, 0.15) is 5.82 Å². The Labute approximate surface area is 120 Å². The molecule has 2 rings (SSSR count). The zero-order chi connectivity index (χ0) is 14.7. The molecular weight excluding hydrogens is 285 g/mol. The lowest BCUT2D eigenvalue weighted by Crippen LogP contribution is -2.09. The van der Waals surface area contributed by atoms with E-state index in [9.17, 15) is 9.18 Å². The van der Waals surface area contributed by atoms with Crippen LogP contribution in [0, 0.1) is 5.82 Å². The largest absolute Gasteiger partial charge is 0.461 e. The van der Waals surface area contributed by atoms with Crippen LogP contribution in [0.2, 0.25) is 5.02 Å². The molecule has 1 heterocycles. The van der Waals surface area contributed by atoms with Crippen molar-refractivity contribution in [3.05, 3.63) is 46.5 Å². The minimum Gasteiger partial charge on any atom is -0.461 e. The number of rotatable bonds is 4. The summed E-state index contributed by atoms with van der Waals surface area (Å²) in [7, 11) is 0. The Morgan fingerprint density at radius 3 is 2.95 bits per heavy atom. The maximum atomic E-state index is 13.1. The Balaban J connectivity index is 2.20. The number of carbonyl (C=O) groups is 1. The number of benzene rings is 1. The van der Waals surface area contributed by atoms with Crippen molar-refractivity contribution in [3.63, 3.8) is 0 Å². The van der Waals surface area contributed by atoms with Crippen LogP contribution in [-0.4, -0.2) is 22.4 Å². The lowest BCUT2D eigenvalue weighted by Gasteiger charge is -2.03. The summed E-state index contributed by atoms with van der Waals surface area (Å²) in [6, 6.07) is 4.36. The van der Waals surface area contributed by atoms with Crippen molar-refractivity contribution in [2.45, 2.75) is 13.5 Å². The molecular formula is C13H13ClFN3O2. The average Bonchev–Trinajstić information content (AvgIpc) is 2.75. The van der Waals surface area contributed by atoms with Gasteiger partial charge in [-0.3, -0.25) is 4.68 Å². The summed E-state index contributed by atoms with van der Waals surface area (Å²) in [6.07, 6.45) is 1.52. The summed E-state index contributed by atoms with van der Waals surface area (Å²) < 4.78 is 19.4. The molecule has 0 amide bonds. The molecule has 0 aliphatic heterocycles. The van der Waals surface area contributed by atoms with Crippen LogP contribution in [0.1, 0.15) is 23.0 Å². The Bertz CT molecular complexity index is 643. The van der Waals surface area contributed by atoms with E-state index in [0.29, 0.717) is 6.54 Å². The van der Waals surface area contributed by atoms with E-state index in [1.807, 2.05) is 0 Å². The van der Waals surface area contributed by atoms with E-state index in [-0.39, 0.29) is 23.0 Å². The van der Waals surface area contributed by atoms with Gasteiger partial charge in [-0.25, -0.2) is 9.18 Å². The Hall–Kier alpha value is -2.08. The summed E-state index contributed by atoms with van der Waals surface area (Å²) in [5.74, 6) is -1.05. The first-order valence-corrected chi connectivity index (χ1v) is 6.33. The number of esters is 1. The highest BCUT2D eigenvalue weighted by molar-refractivity contribution is 6.30. The van der Waals surface area contributed by atoms with Crippen molar-refractivity contribution >= 4 is 23.3 Å². The molecule has 0 spiro atoms. The first kappa shape index (κ1) is 14.3. The molecule has 5 nitrogen and oxygen atoms in total. The molecule has 0 unspecified atom stereocenters. The minimum absolute atomic E-state index is 0.0354. The maximum Gasteiger partial charge on any atom is 0.361 e. The number of halogens is 2. The Kier molecular flexibility index (Phi) is 4.24. The van der Waals surface area contributed by atoms with E-state index in [1.165, 1.54) is 23.0 Å². The van der Waals surface area contributed by atoms with Gasteiger partial charge in [0, 0.05) is 6.20 Å². The summed E-state index contributed by atoms with van der Waals surface area (Å²) in [4.78, 5) is 11.6. The lowest BCUT2D eigenvalue weighted by atomic mass is 10.2. The van der Waals surface area contributed by atoms with Crippen LogP contribution in [0.25, 0.3) is 0 Å². The van der Waals surface area contributed by atoms with Crippen molar-refractivity contribution in [1.82, 2.24) is 9.78 Å². The van der Waals surface area contributed by atoms with E-state index in [1.54, 1.807) is 13.0 Å². The fourth-order valence-electron chi connectivity index (χ4n) is 1.70. The number of hydrogen-bond acceptors (Lipinski definition) is 4. The molecule has 0 saturated heterocycles. The molecule has 20 heavy (non-hydrogen) atoms. The molecule has 0 radical (unpaired) electrons. The zero-order valence-corrected chi connectivity index (χ0v) is 11.5. The number of hydrogen-bond donors (Lipinski definition) is 1. The second kappa shape index (κ2) is 5.92. The molecule has 106 valence electrons. The molecule has 0 saturated carbocycles. The molecule has 2 N–H and O–H groups in total. The van der Waals surface area contributed by atoms with Gasteiger partial charge < -0.3 is 10.5 Å². The highest BCUT2D eigenvalue weighted by Gasteiger charge is 2.16. The third-order valence-corrected chi connectivity index (χ3v) is 2.88. The smallest absolute Gasteiger partial charge is 0.361 e. The van der Waals surface area contributed by atoms with E-state index in [4.69, 9.17) is 22.1 Å². The molecule has 0 atom stereocenters. The third kappa shape index (κ3) is 3.08. The Morgan fingerprint density at radius 1 is 1.55 bits per heavy atom. The van der Waals surface area contributed by atoms with Gasteiger partial charge in [-0.2, -0.15) is 5.10 Å². The predicted octanol–water partition coefficient (Wildman–Crippen LogP) is 2.48. The van der Waals surface area contributed by atoms with Crippen molar-refractivity contribution in [1.29, 1.82) is 0 Å².